The van der Waals surface area contributed by atoms with Crippen molar-refractivity contribution in [2.24, 2.45) is 0 Å². The lowest BCUT2D eigenvalue weighted by Gasteiger charge is -2.13. The quantitative estimate of drug-likeness (QED) is 0.484. The fourth-order valence-corrected chi connectivity index (χ4v) is 3.34. The van der Waals surface area contributed by atoms with E-state index in [4.69, 9.17) is 4.74 Å². The fourth-order valence-electron chi connectivity index (χ4n) is 2.97. The van der Waals surface area contributed by atoms with Crippen LogP contribution in [0.3, 0.4) is 0 Å². The molecule has 1 aliphatic carbocycles. The zero-order valence-corrected chi connectivity index (χ0v) is 15.9. The molecule has 1 aromatic carbocycles. The number of carbonyl (C=O) groups excluding carboxylic acids is 3. The van der Waals surface area contributed by atoms with Crippen molar-refractivity contribution in [1.82, 2.24) is 25.1 Å². The number of aromatic nitrogens is 4. The highest BCUT2D eigenvalue weighted by Gasteiger charge is 2.35. The van der Waals surface area contributed by atoms with Gasteiger partial charge in [-0.05, 0) is 47.9 Å². The van der Waals surface area contributed by atoms with E-state index in [2.05, 4.69) is 31.5 Å². The third-order valence-electron chi connectivity index (χ3n) is 4.51. The topological polar surface area (TPSA) is 107 Å². The minimum atomic E-state index is -0.417. The second-order valence-corrected chi connectivity index (χ2v) is 7.40. The van der Waals surface area contributed by atoms with Crippen molar-refractivity contribution in [2.45, 2.75) is 38.3 Å². The van der Waals surface area contributed by atoms with Gasteiger partial charge in [-0.1, -0.05) is 15.9 Å². The molecule has 1 fully saturated rings. The maximum atomic E-state index is 12.4. The van der Waals surface area contributed by atoms with Crippen LogP contribution in [0.25, 0.3) is 0 Å². The molecule has 0 atom stereocenters. The number of amides is 2. The number of ether oxygens (including phenoxy) is 1. The first-order chi connectivity index (χ1) is 13.0. The molecule has 0 saturated heterocycles. The second kappa shape index (κ2) is 7.18. The number of tetrazole rings is 1. The Bertz CT molecular complexity index is 924. The number of fused-ring (bicyclic) bond motifs is 1. The molecule has 2 aliphatic rings. The minimum absolute atomic E-state index is 0.0172. The molecule has 1 saturated carbocycles. The number of rotatable bonds is 7. The SMILES string of the molecule is O=C(CCCN1C(=O)c2ccc(Br)cc2C1=O)OCc1nnnn1C1CC1. The Balaban J connectivity index is 1.26. The molecular formula is C17H16BrN5O4. The van der Waals surface area contributed by atoms with Crippen molar-refractivity contribution in [1.29, 1.82) is 0 Å². The van der Waals surface area contributed by atoms with Gasteiger partial charge >= 0.3 is 5.97 Å². The van der Waals surface area contributed by atoms with Crippen LogP contribution in [0.15, 0.2) is 22.7 Å². The Hall–Kier alpha value is -2.62. The highest BCUT2D eigenvalue weighted by Crippen LogP contribution is 2.34. The summed E-state index contributed by atoms with van der Waals surface area (Å²) >= 11 is 3.30. The summed E-state index contributed by atoms with van der Waals surface area (Å²) in [5.41, 5.74) is 0.765. The Morgan fingerprint density at radius 3 is 2.78 bits per heavy atom. The van der Waals surface area contributed by atoms with Crippen molar-refractivity contribution < 1.29 is 19.1 Å². The predicted octanol–water partition coefficient (Wildman–Crippen LogP) is 1.89. The summed E-state index contributed by atoms with van der Waals surface area (Å²) in [4.78, 5) is 37.8. The number of nitrogens with zero attached hydrogens (tertiary/aromatic N) is 5. The summed E-state index contributed by atoms with van der Waals surface area (Å²) in [7, 11) is 0. The Labute approximate surface area is 162 Å². The lowest BCUT2D eigenvalue weighted by molar-refractivity contribution is -0.145. The molecule has 2 aromatic rings. The van der Waals surface area contributed by atoms with E-state index in [9.17, 15) is 14.4 Å². The molecule has 4 rings (SSSR count). The largest absolute Gasteiger partial charge is 0.457 e. The third-order valence-corrected chi connectivity index (χ3v) is 5.00. The lowest BCUT2D eigenvalue weighted by Crippen LogP contribution is -2.31. The van der Waals surface area contributed by atoms with Gasteiger partial charge in [0.05, 0.1) is 17.2 Å². The summed E-state index contributed by atoms with van der Waals surface area (Å²) < 4.78 is 7.63. The maximum absolute atomic E-state index is 12.4. The van der Waals surface area contributed by atoms with E-state index >= 15 is 0 Å². The average Bonchev–Trinajstić information content (AvgIpc) is 3.35. The molecule has 0 spiro atoms. The second-order valence-electron chi connectivity index (χ2n) is 6.49. The van der Waals surface area contributed by atoms with Crippen LogP contribution in [0.1, 0.15) is 58.3 Å². The van der Waals surface area contributed by atoms with Crippen molar-refractivity contribution in [3.05, 3.63) is 39.6 Å². The van der Waals surface area contributed by atoms with E-state index in [1.807, 2.05) is 0 Å². The fraction of sp³-hybridized carbons (Fsp3) is 0.412. The molecule has 9 nitrogen and oxygen atoms in total. The van der Waals surface area contributed by atoms with E-state index < -0.39 is 5.97 Å². The van der Waals surface area contributed by atoms with Gasteiger partial charge in [0, 0.05) is 17.4 Å². The highest BCUT2D eigenvalue weighted by atomic mass is 79.9. The highest BCUT2D eigenvalue weighted by molar-refractivity contribution is 9.10. The van der Waals surface area contributed by atoms with E-state index in [1.54, 1.807) is 22.9 Å². The zero-order chi connectivity index (χ0) is 19.0. The van der Waals surface area contributed by atoms with Crippen molar-refractivity contribution in [3.8, 4) is 0 Å². The molecule has 0 radical (unpaired) electrons. The van der Waals surface area contributed by atoms with Gasteiger partial charge in [-0.3, -0.25) is 19.3 Å². The first kappa shape index (κ1) is 17.8. The average molecular weight is 434 g/mol. The Morgan fingerprint density at radius 1 is 1.22 bits per heavy atom. The Kier molecular flexibility index (Phi) is 4.73. The van der Waals surface area contributed by atoms with E-state index in [-0.39, 0.29) is 31.4 Å². The molecule has 10 heteroatoms. The van der Waals surface area contributed by atoms with Gasteiger partial charge in [-0.25, -0.2) is 4.68 Å². The van der Waals surface area contributed by atoms with Gasteiger partial charge in [0.25, 0.3) is 11.8 Å². The molecule has 2 amide bonds. The van der Waals surface area contributed by atoms with Gasteiger partial charge in [-0.2, -0.15) is 0 Å². The molecule has 1 aromatic heterocycles. The molecule has 0 bridgehead atoms. The lowest BCUT2D eigenvalue weighted by atomic mass is 10.1. The van der Waals surface area contributed by atoms with Gasteiger partial charge in [0.1, 0.15) is 0 Å². The van der Waals surface area contributed by atoms with Crippen molar-refractivity contribution in [2.75, 3.05) is 6.54 Å². The molecular weight excluding hydrogens is 418 g/mol. The van der Waals surface area contributed by atoms with Gasteiger partial charge in [0.2, 0.25) is 0 Å². The van der Waals surface area contributed by atoms with Crippen LogP contribution in [0.5, 0.6) is 0 Å². The molecule has 0 N–H and O–H groups in total. The number of esters is 1. The van der Waals surface area contributed by atoms with Crippen LogP contribution >= 0.6 is 15.9 Å². The summed E-state index contributed by atoms with van der Waals surface area (Å²) in [6, 6.07) is 5.29. The molecule has 0 unspecified atom stereocenters. The molecule has 1 aliphatic heterocycles. The zero-order valence-electron chi connectivity index (χ0n) is 14.3. The number of hydrogen-bond acceptors (Lipinski definition) is 7. The van der Waals surface area contributed by atoms with Gasteiger partial charge in [0.15, 0.2) is 12.4 Å². The number of hydrogen-bond donors (Lipinski definition) is 0. The van der Waals surface area contributed by atoms with E-state index in [0.29, 0.717) is 29.4 Å². The van der Waals surface area contributed by atoms with Crippen LogP contribution in [0.4, 0.5) is 0 Å². The number of benzene rings is 1. The summed E-state index contributed by atoms with van der Waals surface area (Å²) in [5.74, 6) is -0.566. The number of halogens is 1. The monoisotopic (exact) mass is 433 g/mol. The molecule has 140 valence electrons. The molecule has 2 heterocycles. The van der Waals surface area contributed by atoms with Crippen molar-refractivity contribution in [3.63, 3.8) is 0 Å². The standard InChI is InChI=1S/C17H16BrN5O4/c18-10-3-6-12-13(8-10)17(26)22(16(12)25)7-1-2-15(24)27-9-14-19-20-21-23(14)11-4-5-11/h3,6,8,11H,1-2,4-5,7,9H2. The van der Waals surface area contributed by atoms with Crippen LogP contribution in [0, 0.1) is 0 Å². The van der Waals surface area contributed by atoms with Gasteiger partial charge in [-0.15, -0.1) is 5.10 Å². The maximum Gasteiger partial charge on any atom is 0.306 e. The summed E-state index contributed by atoms with van der Waals surface area (Å²) in [6.45, 7) is 0.183. The van der Waals surface area contributed by atoms with E-state index in [0.717, 1.165) is 22.2 Å². The van der Waals surface area contributed by atoms with Crippen LogP contribution in [0.2, 0.25) is 0 Å². The third kappa shape index (κ3) is 3.61. The Morgan fingerprint density at radius 2 is 2.00 bits per heavy atom. The molecule has 27 heavy (non-hydrogen) atoms. The number of imide groups is 1. The summed E-state index contributed by atoms with van der Waals surface area (Å²) in [5, 5.41) is 11.4. The normalized spacial score (nSPS) is 16.0. The van der Waals surface area contributed by atoms with Crippen LogP contribution in [-0.4, -0.2) is 49.4 Å². The van der Waals surface area contributed by atoms with Crippen LogP contribution < -0.4 is 0 Å². The van der Waals surface area contributed by atoms with E-state index in [1.165, 1.54) is 0 Å². The van der Waals surface area contributed by atoms with Gasteiger partial charge < -0.3 is 4.74 Å². The smallest absolute Gasteiger partial charge is 0.306 e. The van der Waals surface area contributed by atoms with Crippen molar-refractivity contribution >= 4 is 33.7 Å². The first-order valence-electron chi connectivity index (χ1n) is 8.62. The predicted molar refractivity (Wildman–Crippen MR) is 94.6 cm³/mol. The summed E-state index contributed by atoms with van der Waals surface area (Å²) in [6.07, 6.45) is 2.49. The van der Waals surface area contributed by atoms with Crippen LogP contribution in [-0.2, 0) is 16.1 Å². The number of carbonyl (C=O) groups is 3. The first-order valence-corrected chi connectivity index (χ1v) is 9.42. The minimum Gasteiger partial charge on any atom is -0.457 e.